The number of phenols is 1. The van der Waals surface area contributed by atoms with Gasteiger partial charge in [-0.3, -0.25) is 29.0 Å². The van der Waals surface area contributed by atoms with E-state index >= 15 is 0 Å². The number of allylic oxidation sites excluding steroid dienone is 2. The SMILES string of the molecule is Cc1cc(C2C3=CCC4C(=O)N(Cc5ccccc5)C(=O)C4C3CC3C(=O)N(Cc4ccccc4)C(=O)C32)ccc1O. The van der Waals surface area contributed by atoms with Crippen molar-refractivity contribution < 1.29 is 24.3 Å². The minimum absolute atomic E-state index is 0.160. The van der Waals surface area contributed by atoms with Crippen LogP contribution in [0, 0.1) is 36.5 Å². The number of carbonyl (C=O) groups excluding carboxylic acids is 4. The Morgan fingerprint density at radius 2 is 1.26 bits per heavy atom. The Labute approximate surface area is 244 Å². The van der Waals surface area contributed by atoms with Crippen molar-refractivity contribution in [3.63, 3.8) is 0 Å². The van der Waals surface area contributed by atoms with Gasteiger partial charge in [-0.25, -0.2) is 0 Å². The third kappa shape index (κ3) is 4.10. The molecule has 212 valence electrons. The fourth-order valence-electron chi connectivity index (χ4n) is 7.81. The molecule has 7 heteroatoms. The number of benzene rings is 3. The topological polar surface area (TPSA) is 95.0 Å². The highest BCUT2D eigenvalue weighted by molar-refractivity contribution is 6.08. The van der Waals surface area contributed by atoms with E-state index in [-0.39, 0.29) is 48.4 Å². The number of aromatic hydroxyl groups is 1. The number of hydrogen-bond acceptors (Lipinski definition) is 5. The van der Waals surface area contributed by atoms with Gasteiger partial charge in [0.25, 0.3) is 0 Å². The van der Waals surface area contributed by atoms with Crippen molar-refractivity contribution in [1.82, 2.24) is 9.80 Å². The lowest BCUT2D eigenvalue weighted by molar-refractivity contribution is -0.142. The number of likely N-dealkylation sites (tertiary alicyclic amines) is 2. The second-order valence-electron chi connectivity index (χ2n) is 12.1. The lowest BCUT2D eigenvalue weighted by atomic mass is 9.57. The van der Waals surface area contributed by atoms with Crippen molar-refractivity contribution in [3.05, 3.63) is 113 Å². The van der Waals surface area contributed by atoms with Crippen molar-refractivity contribution >= 4 is 23.6 Å². The summed E-state index contributed by atoms with van der Waals surface area (Å²) < 4.78 is 0. The van der Waals surface area contributed by atoms with Crippen molar-refractivity contribution in [2.24, 2.45) is 29.6 Å². The molecule has 2 aliphatic carbocycles. The lowest BCUT2D eigenvalue weighted by Gasteiger charge is -2.44. The molecule has 4 aliphatic rings. The molecule has 1 N–H and O–H groups in total. The number of rotatable bonds is 5. The Kier molecular flexibility index (Phi) is 6.34. The average Bonchev–Trinajstić information content (AvgIpc) is 3.38. The van der Waals surface area contributed by atoms with E-state index in [4.69, 9.17) is 0 Å². The van der Waals surface area contributed by atoms with Gasteiger partial charge in [0.2, 0.25) is 23.6 Å². The van der Waals surface area contributed by atoms with E-state index in [1.165, 1.54) is 9.80 Å². The minimum atomic E-state index is -0.600. The summed E-state index contributed by atoms with van der Waals surface area (Å²) in [5.74, 6) is -3.58. The molecule has 0 spiro atoms. The summed E-state index contributed by atoms with van der Waals surface area (Å²) in [5.41, 5.74) is 4.25. The summed E-state index contributed by atoms with van der Waals surface area (Å²) in [6, 6.07) is 24.3. The third-order valence-electron chi connectivity index (χ3n) is 9.78. The highest BCUT2D eigenvalue weighted by Gasteiger charge is 2.61. The molecule has 2 saturated heterocycles. The Morgan fingerprint density at radius 1 is 0.690 bits per heavy atom. The molecule has 6 atom stereocenters. The van der Waals surface area contributed by atoms with E-state index < -0.39 is 29.6 Å². The number of imide groups is 2. The molecule has 2 aliphatic heterocycles. The molecule has 0 bridgehead atoms. The first kappa shape index (κ1) is 26.4. The molecular formula is C35H32N2O5. The first-order valence-corrected chi connectivity index (χ1v) is 14.6. The molecule has 7 rings (SSSR count). The number of nitrogens with zero attached hydrogens (tertiary/aromatic N) is 2. The van der Waals surface area contributed by atoms with Crippen LogP contribution in [-0.4, -0.2) is 38.5 Å². The lowest BCUT2D eigenvalue weighted by Crippen LogP contribution is -2.43. The van der Waals surface area contributed by atoms with E-state index in [1.54, 1.807) is 6.07 Å². The minimum Gasteiger partial charge on any atom is -0.508 e. The monoisotopic (exact) mass is 560 g/mol. The zero-order chi connectivity index (χ0) is 29.1. The van der Waals surface area contributed by atoms with Gasteiger partial charge in [0.1, 0.15) is 5.75 Å². The van der Waals surface area contributed by atoms with E-state index in [0.29, 0.717) is 18.4 Å². The number of aryl methyl sites for hydroxylation is 1. The molecular weight excluding hydrogens is 528 g/mol. The summed E-state index contributed by atoms with van der Waals surface area (Å²) in [5, 5.41) is 10.3. The van der Waals surface area contributed by atoms with Crippen LogP contribution in [0.25, 0.3) is 0 Å². The fraction of sp³-hybridized carbons (Fsp3) is 0.314. The molecule has 3 aromatic carbocycles. The van der Waals surface area contributed by atoms with E-state index in [2.05, 4.69) is 6.08 Å². The van der Waals surface area contributed by atoms with Gasteiger partial charge in [0.15, 0.2) is 0 Å². The first-order valence-electron chi connectivity index (χ1n) is 14.6. The summed E-state index contributed by atoms with van der Waals surface area (Å²) in [4.78, 5) is 58.3. The Bertz CT molecular complexity index is 1630. The molecule has 1 saturated carbocycles. The standard InChI is InChI=1S/C35H32N2O5/c1-20-16-23(12-15-28(20)38)29-24-13-14-25-30(34(41)36(32(25)39)18-21-8-4-2-5-9-21)26(24)17-27-31(29)35(42)37(33(27)40)19-22-10-6-3-7-11-22/h2-13,15-16,25-27,29-31,38H,14,17-19H2,1H3. The summed E-state index contributed by atoms with van der Waals surface area (Å²) in [6.07, 6.45) is 2.84. The Morgan fingerprint density at radius 3 is 1.86 bits per heavy atom. The van der Waals surface area contributed by atoms with Crippen molar-refractivity contribution in [1.29, 1.82) is 0 Å². The second kappa shape index (κ2) is 10.1. The van der Waals surface area contributed by atoms with E-state index in [1.807, 2.05) is 79.7 Å². The zero-order valence-corrected chi connectivity index (χ0v) is 23.4. The second-order valence-corrected chi connectivity index (χ2v) is 12.1. The van der Waals surface area contributed by atoms with Crippen LogP contribution in [0.15, 0.2) is 90.5 Å². The molecule has 4 amide bonds. The predicted octanol–water partition coefficient (Wildman–Crippen LogP) is 4.74. The predicted molar refractivity (Wildman–Crippen MR) is 154 cm³/mol. The number of fused-ring (bicyclic) bond motifs is 4. The largest absolute Gasteiger partial charge is 0.508 e. The van der Waals surface area contributed by atoms with Gasteiger partial charge in [-0.2, -0.15) is 0 Å². The maximum absolute atomic E-state index is 14.1. The molecule has 42 heavy (non-hydrogen) atoms. The summed E-state index contributed by atoms with van der Waals surface area (Å²) >= 11 is 0. The molecule has 3 fully saturated rings. The van der Waals surface area contributed by atoms with Crippen LogP contribution in [0.3, 0.4) is 0 Å². The van der Waals surface area contributed by atoms with Gasteiger partial charge in [0.05, 0.1) is 36.8 Å². The van der Waals surface area contributed by atoms with Gasteiger partial charge in [0, 0.05) is 5.92 Å². The van der Waals surface area contributed by atoms with E-state index in [9.17, 15) is 24.3 Å². The molecule has 3 aromatic rings. The van der Waals surface area contributed by atoms with Crippen LogP contribution in [0.5, 0.6) is 5.75 Å². The quantitative estimate of drug-likeness (QED) is 0.360. The van der Waals surface area contributed by atoms with E-state index in [0.717, 1.165) is 22.3 Å². The molecule has 6 unspecified atom stereocenters. The summed E-state index contributed by atoms with van der Waals surface area (Å²) in [7, 11) is 0. The number of amides is 4. The Balaban J connectivity index is 1.28. The van der Waals surface area contributed by atoms with Crippen molar-refractivity contribution in [3.8, 4) is 5.75 Å². The van der Waals surface area contributed by atoms with Crippen LogP contribution < -0.4 is 0 Å². The number of carbonyl (C=O) groups is 4. The van der Waals surface area contributed by atoms with Crippen LogP contribution >= 0.6 is 0 Å². The van der Waals surface area contributed by atoms with Gasteiger partial charge >= 0.3 is 0 Å². The molecule has 0 radical (unpaired) electrons. The van der Waals surface area contributed by atoms with Crippen molar-refractivity contribution in [2.75, 3.05) is 0 Å². The third-order valence-corrected chi connectivity index (χ3v) is 9.78. The van der Waals surface area contributed by atoms with Gasteiger partial charge < -0.3 is 5.11 Å². The van der Waals surface area contributed by atoms with Crippen LogP contribution in [0.2, 0.25) is 0 Å². The average molecular weight is 561 g/mol. The van der Waals surface area contributed by atoms with Crippen molar-refractivity contribution in [2.45, 2.75) is 38.8 Å². The highest BCUT2D eigenvalue weighted by Crippen LogP contribution is 2.58. The van der Waals surface area contributed by atoms with Gasteiger partial charge in [-0.1, -0.05) is 84.4 Å². The number of phenolic OH excluding ortho intramolecular Hbond substituents is 1. The maximum atomic E-state index is 14.1. The Hall–Kier alpha value is -4.52. The normalized spacial score (nSPS) is 28.5. The molecule has 2 heterocycles. The molecule has 7 nitrogen and oxygen atoms in total. The highest BCUT2D eigenvalue weighted by atomic mass is 16.3. The van der Waals surface area contributed by atoms with Gasteiger partial charge in [-0.15, -0.1) is 0 Å². The molecule has 0 aromatic heterocycles. The maximum Gasteiger partial charge on any atom is 0.234 e. The van der Waals surface area contributed by atoms with Crippen LogP contribution in [-0.2, 0) is 32.3 Å². The van der Waals surface area contributed by atoms with Crippen LogP contribution in [0.1, 0.15) is 41.0 Å². The number of hydrogen-bond donors (Lipinski definition) is 1. The summed E-state index contributed by atoms with van der Waals surface area (Å²) in [6.45, 7) is 2.24. The smallest absolute Gasteiger partial charge is 0.234 e. The fourth-order valence-corrected chi connectivity index (χ4v) is 7.81. The first-order chi connectivity index (χ1) is 20.3. The van der Waals surface area contributed by atoms with Crippen LogP contribution in [0.4, 0.5) is 0 Å². The van der Waals surface area contributed by atoms with Gasteiger partial charge in [-0.05, 0) is 54.0 Å². The zero-order valence-electron chi connectivity index (χ0n) is 23.4.